The Labute approximate surface area is 364 Å². The lowest BCUT2D eigenvalue weighted by atomic mass is 9.92. The van der Waals surface area contributed by atoms with E-state index in [1.54, 1.807) is 0 Å². The van der Waals surface area contributed by atoms with Gasteiger partial charge >= 0.3 is 29.8 Å². The number of rotatable bonds is 43. The molecular formula is C47H87NO12. The zero-order valence-corrected chi connectivity index (χ0v) is 38.9. The summed E-state index contributed by atoms with van der Waals surface area (Å²) in [5, 5.41) is 0. The Morgan fingerprint density at radius 1 is 0.400 bits per heavy atom. The number of unbranched alkanes of at least 4 members (excludes halogenated alkanes) is 8. The number of ether oxygens (including phenoxy) is 7. The Bertz CT molecular complexity index is 983. The molecule has 0 unspecified atom stereocenters. The number of carbonyl (C=O) groups is 5. The minimum absolute atomic E-state index is 0.0893. The molecule has 0 saturated carbocycles. The molecule has 0 spiro atoms. The molecule has 0 aromatic heterocycles. The first-order valence-electron chi connectivity index (χ1n) is 23.7. The summed E-state index contributed by atoms with van der Waals surface area (Å²) in [5.41, 5.74) is 0. The van der Waals surface area contributed by atoms with Crippen molar-refractivity contribution in [3.05, 3.63) is 0 Å². The van der Waals surface area contributed by atoms with Crippen LogP contribution in [-0.2, 0) is 57.1 Å². The van der Waals surface area contributed by atoms with E-state index >= 15 is 0 Å². The number of hydrogen-bond acceptors (Lipinski definition) is 13. The van der Waals surface area contributed by atoms with Gasteiger partial charge < -0.3 is 38.1 Å². The highest BCUT2D eigenvalue weighted by Gasteiger charge is 2.17. The van der Waals surface area contributed by atoms with Gasteiger partial charge in [-0.2, -0.15) is 0 Å². The molecule has 0 aromatic carbocycles. The number of hydrogen-bond donors (Lipinski definition) is 0. The summed E-state index contributed by atoms with van der Waals surface area (Å²) in [6.45, 7) is 9.05. The van der Waals surface area contributed by atoms with Crippen molar-refractivity contribution < 1.29 is 57.1 Å². The molecule has 0 heterocycles. The van der Waals surface area contributed by atoms with E-state index in [-0.39, 0.29) is 52.0 Å². The molecule has 0 rings (SSSR count). The van der Waals surface area contributed by atoms with Gasteiger partial charge in [0, 0.05) is 6.42 Å². The van der Waals surface area contributed by atoms with Crippen LogP contribution in [0.2, 0.25) is 0 Å². The molecule has 60 heavy (non-hydrogen) atoms. The van der Waals surface area contributed by atoms with Gasteiger partial charge in [0.15, 0.2) is 0 Å². The van der Waals surface area contributed by atoms with Crippen LogP contribution < -0.4 is 0 Å². The monoisotopic (exact) mass is 858 g/mol. The third-order valence-corrected chi connectivity index (χ3v) is 10.5. The van der Waals surface area contributed by atoms with Crippen LogP contribution in [0.1, 0.15) is 182 Å². The SMILES string of the molecule is CCCCCC(CCCCC)CCOC(=O)COCC(=O)OCCCC(CCCOC(=O)COCC(=O)OCCC(CCCCC)CCCCC)OC(=O)CCCN(C)C. The van der Waals surface area contributed by atoms with Crippen molar-refractivity contribution >= 4 is 29.8 Å². The zero-order chi connectivity index (χ0) is 44.5. The predicted molar refractivity (Wildman–Crippen MR) is 234 cm³/mol. The summed E-state index contributed by atoms with van der Waals surface area (Å²) in [7, 11) is 3.87. The van der Waals surface area contributed by atoms with Gasteiger partial charge in [0.05, 0.1) is 26.4 Å². The van der Waals surface area contributed by atoms with E-state index in [4.69, 9.17) is 33.2 Å². The Morgan fingerprint density at radius 3 is 1.08 bits per heavy atom. The van der Waals surface area contributed by atoms with Gasteiger partial charge in [-0.3, -0.25) is 4.79 Å². The number of esters is 5. The van der Waals surface area contributed by atoms with Crippen LogP contribution in [0, 0.1) is 11.8 Å². The maximum Gasteiger partial charge on any atom is 0.332 e. The number of nitrogens with zero attached hydrogens (tertiary/aromatic N) is 1. The average Bonchev–Trinajstić information content (AvgIpc) is 3.20. The summed E-state index contributed by atoms with van der Waals surface area (Å²) < 4.78 is 37.5. The van der Waals surface area contributed by atoms with E-state index in [0.717, 1.165) is 45.1 Å². The van der Waals surface area contributed by atoms with Crippen LogP contribution in [0.5, 0.6) is 0 Å². The van der Waals surface area contributed by atoms with Gasteiger partial charge in [-0.15, -0.1) is 0 Å². The average molecular weight is 858 g/mol. The van der Waals surface area contributed by atoms with Crippen molar-refractivity contribution in [2.24, 2.45) is 11.8 Å². The molecule has 13 nitrogen and oxygen atoms in total. The highest BCUT2D eigenvalue weighted by Crippen LogP contribution is 2.22. The molecule has 0 aliphatic rings. The molecule has 0 amide bonds. The first kappa shape index (κ1) is 57.2. The smallest absolute Gasteiger partial charge is 0.332 e. The fourth-order valence-corrected chi connectivity index (χ4v) is 6.92. The normalized spacial score (nSPS) is 11.4. The summed E-state index contributed by atoms with van der Waals surface area (Å²) in [4.78, 5) is 63.4. The topological polar surface area (TPSA) is 153 Å². The molecule has 0 N–H and O–H groups in total. The first-order valence-corrected chi connectivity index (χ1v) is 23.7. The van der Waals surface area contributed by atoms with Gasteiger partial charge in [-0.05, 0) is 77.4 Å². The molecule has 352 valence electrons. The summed E-state index contributed by atoms with van der Waals surface area (Å²) in [5.74, 6) is -1.40. The molecular weight excluding hydrogens is 771 g/mol. The second kappa shape index (κ2) is 41.6. The van der Waals surface area contributed by atoms with Crippen LogP contribution in [0.15, 0.2) is 0 Å². The van der Waals surface area contributed by atoms with Crippen LogP contribution in [-0.4, -0.2) is 114 Å². The van der Waals surface area contributed by atoms with E-state index < -0.39 is 30.0 Å². The third kappa shape index (κ3) is 38.2. The Kier molecular flexibility index (Phi) is 39.7. The Balaban J connectivity index is 4.50. The second-order valence-electron chi connectivity index (χ2n) is 16.5. The maximum absolute atomic E-state index is 12.6. The second-order valence-corrected chi connectivity index (χ2v) is 16.5. The largest absolute Gasteiger partial charge is 0.464 e. The molecule has 0 fully saturated rings. The van der Waals surface area contributed by atoms with E-state index in [1.807, 2.05) is 19.0 Å². The molecule has 13 heteroatoms. The molecule has 0 radical (unpaired) electrons. The minimum Gasteiger partial charge on any atom is -0.464 e. The van der Waals surface area contributed by atoms with Crippen LogP contribution in [0.4, 0.5) is 0 Å². The van der Waals surface area contributed by atoms with Gasteiger partial charge in [0.25, 0.3) is 0 Å². The molecule has 0 aliphatic heterocycles. The van der Waals surface area contributed by atoms with Crippen molar-refractivity contribution in [2.45, 2.75) is 188 Å². The van der Waals surface area contributed by atoms with E-state index in [0.29, 0.717) is 57.2 Å². The van der Waals surface area contributed by atoms with Crippen molar-refractivity contribution in [3.8, 4) is 0 Å². The standard InChI is InChI=1S/C47H87NO12/c1-7-11-15-22-40(23-16-12-8-2)29-34-58-46(52)38-54-36-44(50)56-32-20-26-42(60-43(49)28-19-31-48(5)6)27-21-33-57-45(51)37-55-39-47(53)59-35-30-41(24-17-13-9-3)25-18-14-10-4/h40-42H,7-39H2,1-6H3. The minimum atomic E-state index is -0.599. The van der Waals surface area contributed by atoms with Crippen molar-refractivity contribution in [1.82, 2.24) is 4.90 Å². The lowest BCUT2D eigenvalue weighted by molar-refractivity contribution is -0.157. The predicted octanol–water partition coefficient (Wildman–Crippen LogP) is 9.34. The molecule has 0 bridgehead atoms. The van der Waals surface area contributed by atoms with Crippen molar-refractivity contribution in [2.75, 3.05) is 73.5 Å². The van der Waals surface area contributed by atoms with E-state index in [9.17, 15) is 24.0 Å². The van der Waals surface area contributed by atoms with E-state index in [2.05, 4.69) is 27.7 Å². The fraction of sp³-hybridized carbons (Fsp3) is 0.894. The molecule has 0 aromatic rings. The van der Waals surface area contributed by atoms with Gasteiger partial charge in [-0.25, -0.2) is 19.2 Å². The lowest BCUT2D eigenvalue weighted by Gasteiger charge is -2.18. The highest BCUT2D eigenvalue weighted by atomic mass is 16.6. The summed E-state index contributed by atoms with van der Waals surface area (Å²) in [6.07, 6.45) is 22.9. The zero-order valence-electron chi connectivity index (χ0n) is 38.9. The van der Waals surface area contributed by atoms with Gasteiger partial charge in [0.1, 0.15) is 32.5 Å². The molecule has 0 saturated heterocycles. The third-order valence-electron chi connectivity index (χ3n) is 10.5. The van der Waals surface area contributed by atoms with Crippen molar-refractivity contribution in [3.63, 3.8) is 0 Å². The Morgan fingerprint density at radius 2 is 0.750 bits per heavy atom. The Hall–Kier alpha value is -2.77. The molecule has 0 atom stereocenters. The lowest BCUT2D eigenvalue weighted by Crippen LogP contribution is -2.23. The fourth-order valence-electron chi connectivity index (χ4n) is 6.92. The number of carbonyl (C=O) groups excluding carboxylic acids is 5. The van der Waals surface area contributed by atoms with Gasteiger partial charge in [-0.1, -0.05) is 130 Å². The van der Waals surface area contributed by atoms with E-state index in [1.165, 1.54) is 77.0 Å². The quantitative estimate of drug-likeness (QED) is 0.0325. The van der Waals surface area contributed by atoms with Crippen LogP contribution in [0.3, 0.4) is 0 Å². The van der Waals surface area contributed by atoms with Crippen molar-refractivity contribution in [1.29, 1.82) is 0 Å². The maximum atomic E-state index is 12.6. The highest BCUT2D eigenvalue weighted by molar-refractivity contribution is 5.74. The first-order chi connectivity index (χ1) is 29.0. The summed E-state index contributed by atoms with van der Waals surface area (Å²) >= 11 is 0. The van der Waals surface area contributed by atoms with Gasteiger partial charge in [0.2, 0.25) is 0 Å². The van der Waals surface area contributed by atoms with Crippen LogP contribution in [0.25, 0.3) is 0 Å². The van der Waals surface area contributed by atoms with Crippen LogP contribution >= 0.6 is 0 Å². The summed E-state index contributed by atoms with van der Waals surface area (Å²) in [6, 6.07) is 0. The molecule has 0 aliphatic carbocycles.